The summed E-state index contributed by atoms with van der Waals surface area (Å²) in [4.78, 5) is 0. The van der Waals surface area contributed by atoms with Crippen molar-refractivity contribution < 1.29 is 4.74 Å². The van der Waals surface area contributed by atoms with E-state index in [0.717, 1.165) is 36.2 Å². The number of hydrogen-bond donors (Lipinski definition) is 1. The van der Waals surface area contributed by atoms with Gasteiger partial charge in [0.15, 0.2) is 0 Å². The van der Waals surface area contributed by atoms with Gasteiger partial charge in [-0.3, -0.25) is 0 Å². The zero-order valence-electron chi connectivity index (χ0n) is 10.0. The summed E-state index contributed by atoms with van der Waals surface area (Å²) < 4.78 is 14.1. The van der Waals surface area contributed by atoms with Crippen LogP contribution in [-0.2, 0) is 4.74 Å². The van der Waals surface area contributed by atoms with Gasteiger partial charge in [-0.05, 0) is 31.9 Å². The molecule has 1 N–H and O–H groups in total. The second-order valence-corrected chi connectivity index (χ2v) is 5.38. The van der Waals surface area contributed by atoms with E-state index in [9.17, 15) is 0 Å². The second-order valence-electron chi connectivity index (χ2n) is 4.44. The van der Waals surface area contributed by atoms with Crippen molar-refractivity contribution in [3.8, 4) is 0 Å². The highest BCUT2D eigenvalue weighted by molar-refractivity contribution is 7.00. The molecule has 1 heterocycles. The van der Waals surface area contributed by atoms with E-state index in [2.05, 4.69) is 14.1 Å². The van der Waals surface area contributed by atoms with Gasteiger partial charge in [0.2, 0.25) is 0 Å². The van der Waals surface area contributed by atoms with Gasteiger partial charge < -0.3 is 10.1 Å². The molecule has 0 amide bonds. The first-order valence-electron chi connectivity index (χ1n) is 6.07. The quantitative estimate of drug-likeness (QED) is 0.935. The Morgan fingerprint density at radius 1 is 1.44 bits per heavy atom. The molecule has 6 heteroatoms. The van der Waals surface area contributed by atoms with Gasteiger partial charge in [0.05, 0.1) is 28.5 Å². The Morgan fingerprint density at radius 2 is 2.28 bits per heavy atom. The van der Waals surface area contributed by atoms with Crippen LogP contribution in [0.15, 0.2) is 12.1 Å². The summed E-state index contributed by atoms with van der Waals surface area (Å²) in [6.07, 6.45) is 2.44. The van der Waals surface area contributed by atoms with Gasteiger partial charge in [0.1, 0.15) is 11.0 Å². The van der Waals surface area contributed by atoms with Crippen molar-refractivity contribution in [1.82, 2.24) is 8.75 Å². The first-order chi connectivity index (χ1) is 8.78. The molecule has 0 saturated heterocycles. The first kappa shape index (κ1) is 12.1. The van der Waals surface area contributed by atoms with Crippen molar-refractivity contribution in [1.29, 1.82) is 0 Å². The standard InChI is InChI=1S/C12H14ClN3OS/c1-2-17-8-5-7(6-8)14-11-9(13)3-4-10-12(11)16-18-15-10/h3-4,7-8,14H,2,5-6H2,1H3. The van der Waals surface area contributed by atoms with Crippen LogP contribution < -0.4 is 5.32 Å². The molecule has 1 aliphatic carbocycles. The molecule has 0 bridgehead atoms. The fourth-order valence-electron chi connectivity index (χ4n) is 2.22. The molecule has 1 aromatic heterocycles. The molecular weight excluding hydrogens is 270 g/mol. The molecule has 18 heavy (non-hydrogen) atoms. The maximum absolute atomic E-state index is 6.23. The number of fused-ring (bicyclic) bond motifs is 1. The molecular formula is C12H14ClN3OS. The minimum absolute atomic E-state index is 0.388. The predicted molar refractivity (Wildman–Crippen MR) is 74.5 cm³/mol. The third-order valence-electron chi connectivity index (χ3n) is 3.22. The summed E-state index contributed by atoms with van der Waals surface area (Å²) in [5, 5.41) is 4.16. The van der Waals surface area contributed by atoms with Gasteiger partial charge in [-0.25, -0.2) is 0 Å². The summed E-state index contributed by atoms with van der Waals surface area (Å²) in [5.74, 6) is 0. The minimum Gasteiger partial charge on any atom is -0.379 e. The molecule has 0 aliphatic heterocycles. The highest BCUT2D eigenvalue weighted by atomic mass is 35.5. The number of nitrogens with one attached hydrogen (secondary N) is 1. The van der Waals surface area contributed by atoms with E-state index in [0.29, 0.717) is 17.2 Å². The maximum Gasteiger partial charge on any atom is 0.129 e. The van der Waals surface area contributed by atoms with Crippen LogP contribution in [0.25, 0.3) is 11.0 Å². The molecule has 0 radical (unpaired) electrons. The largest absolute Gasteiger partial charge is 0.379 e. The van der Waals surface area contributed by atoms with Gasteiger partial charge in [0.25, 0.3) is 0 Å². The lowest BCUT2D eigenvalue weighted by molar-refractivity contribution is 0.00301. The van der Waals surface area contributed by atoms with Crippen LogP contribution in [0.5, 0.6) is 0 Å². The minimum atomic E-state index is 0.388. The Labute approximate surface area is 115 Å². The van der Waals surface area contributed by atoms with Crippen LogP contribution >= 0.6 is 23.3 Å². The van der Waals surface area contributed by atoms with Crippen LogP contribution in [0.4, 0.5) is 5.69 Å². The summed E-state index contributed by atoms with van der Waals surface area (Å²) in [5.41, 5.74) is 2.67. The first-order valence-corrected chi connectivity index (χ1v) is 7.17. The van der Waals surface area contributed by atoms with Crippen LogP contribution in [0.3, 0.4) is 0 Å². The number of rotatable bonds is 4. The molecule has 4 nitrogen and oxygen atoms in total. The maximum atomic E-state index is 6.23. The molecule has 1 aliphatic rings. The van der Waals surface area contributed by atoms with Crippen LogP contribution in [0.1, 0.15) is 19.8 Å². The van der Waals surface area contributed by atoms with Gasteiger partial charge in [-0.1, -0.05) is 11.6 Å². The Kier molecular flexibility index (Phi) is 3.37. The number of halogens is 1. The van der Waals surface area contributed by atoms with E-state index in [-0.39, 0.29) is 0 Å². The summed E-state index contributed by atoms with van der Waals surface area (Å²) in [7, 11) is 0. The van der Waals surface area contributed by atoms with E-state index < -0.39 is 0 Å². The van der Waals surface area contributed by atoms with Gasteiger partial charge in [0, 0.05) is 12.6 Å². The highest BCUT2D eigenvalue weighted by Gasteiger charge is 2.30. The molecule has 0 spiro atoms. The zero-order valence-corrected chi connectivity index (χ0v) is 11.6. The molecule has 3 rings (SSSR count). The van der Waals surface area contributed by atoms with Gasteiger partial charge in [-0.2, -0.15) is 8.75 Å². The summed E-state index contributed by atoms with van der Waals surface area (Å²) in [6, 6.07) is 4.19. The molecule has 2 aromatic rings. The highest BCUT2D eigenvalue weighted by Crippen LogP contribution is 2.34. The number of hydrogen-bond acceptors (Lipinski definition) is 5. The van der Waals surface area contributed by atoms with Crippen molar-refractivity contribution in [2.45, 2.75) is 31.9 Å². The van der Waals surface area contributed by atoms with E-state index in [1.807, 2.05) is 19.1 Å². The van der Waals surface area contributed by atoms with Crippen LogP contribution in [0, 0.1) is 0 Å². The number of aromatic nitrogens is 2. The van der Waals surface area contributed by atoms with E-state index >= 15 is 0 Å². The second kappa shape index (κ2) is 4.99. The monoisotopic (exact) mass is 283 g/mol. The van der Waals surface area contributed by atoms with Crippen molar-refractivity contribution in [2.24, 2.45) is 0 Å². The number of ether oxygens (including phenoxy) is 1. The molecule has 1 saturated carbocycles. The fourth-order valence-corrected chi connectivity index (χ4v) is 2.97. The van der Waals surface area contributed by atoms with Crippen LogP contribution in [-0.4, -0.2) is 27.5 Å². The number of anilines is 1. The Hall–Kier alpha value is -0.910. The topological polar surface area (TPSA) is 47.0 Å². The van der Waals surface area contributed by atoms with E-state index in [4.69, 9.17) is 16.3 Å². The summed E-state index contributed by atoms with van der Waals surface area (Å²) in [6.45, 7) is 2.81. The fraction of sp³-hybridized carbons (Fsp3) is 0.500. The third kappa shape index (κ3) is 2.18. The molecule has 0 atom stereocenters. The van der Waals surface area contributed by atoms with Crippen molar-refractivity contribution in [3.63, 3.8) is 0 Å². The molecule has 96 valence electrons. The van der Waals surface area contributed by atoms with Gasteiger partial charge in [-0.15, -0.1) is 0 Å². The molecule has 1 fully saturated rings. The lowest BCUT2D eigenvalue weighted by Gasteiger charge is -2.36. The van der Waals surface area contributed by atoms with Crippen molar-refractivity contribution >= 4 is 40.0 Å². The zero-order chi connectivity index (χ0) is 12.5. The van der Waals surface area contributed by atoms with E-state index in [1.54, 1.807) is 0 Å². The predicted octanol–water partition coefficient (Wildman–Crippen LogP) is 3.32. The normalized spacial score (nSPS) is 23.0. The van der Waals surface area contributed by atoms with E-state index in [1.165, 1.54) is 11.7 Å². The lowest BCUT2D eigenvalue weighted by atomic mass is 9.89. The SMILES string of the molecule is CCOC1CC(Nc2c(Cl)ccc3nsnc23)C1. The smallest absolute Gasteiger partial charge is 0.129 e. The lowest BCUT2D eigenvalue weighted by Crippen LogP contribution is -2.40. The van der Waals surface area contributed by atoms with Crippen LogP contribution in [0.2, 0.25) is 5.02 Å². The Bertz CT molecular complexity index is 553. The third-order valence-corrected chi connectivity index (χ3v) is 4.08. The number of benzene rings is 1. The Morgan fingerprint density at radius 3 is 3.06 bits per heavy atom. The van der Waals surface area contributed by atoms with Crippen molar-refractivity contribution in [2.75, 3.05) is 11.9 Å². The van der Waals surface area contributed by atoms with Gasteiger partial charge >= 0.3 is 0 Å². The van der Waals surface area contributed by atoms with Crippen molar-refractivity contribution in [3.05, 3.63) is 17.2 Å². The Balaban J connectivity index is 1.75. The average Bonchev–Trinajstić information content (AvgIpc) is 2.77. The average molecular weight is 284 g/mol. The molecule has 0 unspecified atom stereocenters. The molecule has 1 aromatic carbocycles. The summed E-state index contributed by atoms with van der Waals surface area (Å²) >= 11 is 7.44. The number of nitrogens with zero attached hydrogens (tertiary/aromatic N) is 2.